The Bertz CT molecular complexity index is 690. The van der Waals surface area contributed by atoms with Gasteiger partial charge in [-0.1, -0.05) is 13.8 Å². The molecule has 0 saturated carbocycles. The van der Waals surface area contributed by atoms with Crippen LogP contribution in [0.15, 0.2) is 29.5 Å². The molecule has 2 aromatic rings. The fourth-order valence-corrected chi connectivity index (χ4v) is 3.35. The first kappa shape index (κ1) is 15.8. The van der Waals surface area contributed by atoms with E-state index < -0.39 is 0 Å². The Balaban J connectivity index is 1.57. The molecule has 2 aromatic heterocycles. The Morgan fingerprint density at radius 1 is 1.52 bits per heavy atom. The topological polar surface area (TPSA) is 56.3 Å². The van der Waals surface area contributed by atoms with Crippen LogP contribution in [0, 0.1) is 5.41 Å². The van der Waals surface area contributed by atoms with E-state index in [2.05, 4.69) is 51.3 Å². The van der Waals surface area contributed by atoms with Crippen molar-refractivity contribution < 1.29 is 0 Å². The summed E-state index contributed by atoms with van der Waals surface area (Å²) in [4.78, 5) is 14.4. The first-order valence-electron chi connectivity index (χ1n) is 8.52. The minimum absolute atomic E-state index is 0.431. The van der Waals surface area contributed by atoms with Gasteiger partial charge < -0.3 is 15.2 Å². The lowest BCUT2D eigenvalue weighted by atomic mass is 9.87. The van der Waals surface area contributed by atoms with Crippen molar-refractivity contribution in [2.75, 3.05) is 26.7 Å². The van der Waals surface area contributed by atoms with Gasteiger partial charge in [-0.25, -0.2) is 4.98 Å². The molecule has 5 heteroatoms. The average Bonchev–Trinajstić information content (AvgIpc) is 3.16. The molecule has 0 bridgehead atoms. The molecular formula is C18H27N5. The molecule has 1 atom stereocenters. The van der Waals surface area contributed by atoms with Crippen LogP contribution in [0.25, 0.3) is 11.0 Å². The molecule has 1 fully saturated rings. The number of aliphatic imine (C=N–C) groups is 1. The zero-order valence-electron chi connectivity index (χ0n) is 14.4. The van der Waals surface area contributed by atoms with Crippen LogP contribution >= 0.6 is 0 Å². The predicted molar refractivity (Wildman–Crippen MR) is 95.7 cm³/mol. The predicted octanol–water partition coefficient (Wildman–Crippen LogP) is 2.80. The van der Waals surface area contributed by atoms with Crippen LogP contribution in [0.2, 0.25) is 0 Å². The number of likely N-dealkylation sites (tertiary alicyclic amines) is 1. The van der Waals surface area contributed by atoms with Gasteiger partial charge in [0.25, 0.3) is 0 Å². The van der Waals surface area contributed by atoms with Gasteiger partial charge in [0, 0.05) is 44.5 Å². The number of rotatable bonds is 4. The molecule has 1 unspecified atom stereocenters. The first-order chi connectivity index (χ1) is 11.1. The minimum atomic E-state index is 0.431. The van der Waals surface area contributed by atoms with E-state index >= 15 is 0 Å². The van der Waals surface area contributed by atoms with E-state index in [4.69, 9.17) is 0 Å². The van der Waals surface area contributed by atoms with Crippen molar-refractivity contribution in [1.29, 1.82) is 0 Å². The van der Waals surface area contributed by atoms with Gasteiger partial charge >= 0.3 is 0 Å². The quantitative estimate of drug-likeness (QED) is 0.674. The van der Waals surface area contributed by atoms with Crippen molar-refractivity contribution in [3.05, 3.63) is 30.1 Å². The van der Waals surface area contributed by atoms with Gasteiger partial charge in [-0.15, -0.1) is 0 Å². The highest BCUT2D eigenvalue weighted by Crippen LogP contribution is 2.32. The molecule has 3 rings (SSSR count). The lowest BCUT2D eigenvalue weighted by Crippen LogP contribution is -2.41. The van der Waals surface area contributed by atoms with Gasteiger partial charge in [-0.05, 0) is 42.4 Å². The molecule has 124 valence electrons. The van der Waals surface area contributed by atoms with E-state index in [1.165, 1.54) is 23.8 Å². The van der Waals surface area contributed by atoms with Crippen LogP contribution in [0.5, 0.6) is 0 Å². The number of nitrogens with one attached hydrogen (secondary N) is 2. The summed E-state index contributed by atoms with van der Waals surface area (Å²) in [6.07, 6.45) is 7.32. The van der Waals surface area contributed by atoms with Crippen molar-refractivity contribution in [2.24, 2.45) is 10.4 Å². The zero-order chi connectivity index (χ0) is 16.3. The second kappa shape index (κ2) is 6.60. The summed E-state index contributed by atoms with van der Waals surface area (Å²) in [6.45, 7) is 7.74. The second-order valence-electron chi connectivity index (χ2n) is 6.77. The minimum Gasteiger partial charge on any atom is -0.356 e. The summed E-state index contributed by atoms with van der Waals surface area (Å²) >= 11 is 0. The smallest absolute Gasteiger partial charge is 0.193 e. The first-order valence-corrected chi connectivity index (χ1v) is 8.52. The molecule has 1 saturated heterocycles. The lowest BCUT2D eigenvalue weighted by Gasteiger charge is -2.25. The molecular weight excluding hydrogens is 286 g/mol. The Morgan fingerprint density at radius 3 is 3.13 bits per heavy atom. The second-order valence-corrected chi connectivity index (χ2v) is 6.77. The summed E-state index contributed by atoms with van der Waals surface area (Å²) in [5.74, 6) is 1.03. The van der Waals surface area contributed by atoms with Gasteiger partial charge in [0.2, 0.25) is 0 Å². The molecule has 3 heterocycles. The molecule has 23 heavy (non-hydrogen) atoms. The molecule has 1 aliphatic heterocycles. The van der Waals surface area contributed by atoms with Crippen LogP contribution in [0.1, 0.15) is 32.3 Å². The third-order valence-electron chi connectivity index (χ3n) is 5.14. The van der Waals surface area contributed by atoms with E-state index in [0.29, 0.717) is 5.41 Å². The maximum Gasteiger partial charge on any atom is 0.193 e. The number of pyridine rings is 1. The van der Waals surface area contributed by atoms with Gasteiger partial charge in [-0.3, -0.25) is 4.99 Å². The Labute approximate surface area is 138 Å². The largest absolute Gasteiger partial charge is 0.356 e. The number of hydrogen-bond acceptors (Lipinski definition) is 2. The fourth-order valence-electron chi connectivity index (χ4n) is 3.35. The van der Waals surface area contributed by atoms with Crippen LogP contribution in [0.4, 0.5) is 0 Å². The van der Waals surface area contributed by atoms with Crippen molar-refractivity contribution in [2.45, 2.75) is 33.1 Å². The number of hydrogen-bond donors (Lipinski definition) is 2. The van der Waals surface area contributed by atoms with Crippen molar-refractivity contribution in [1.82, 2.24) is 20.2 Å². The number of fused-ring (bicyclic) bond motifs is 1. The number of aromatic amines is 1. The third-order valence-corrected chi connectivity index (χ3v) is 5.14. The summed E-state index contributed by atoms with van der Waals surface area (Å²) in [5.41, 5.74) is 2.70. The van der Waals surface area contributed by atoms with Gasteiger partial charge in [-0.2, -0.15) is 0 Å². The summed E-state index contributed by atoms with van der Waals surface area (Å²) in [6, 6.07) is 4.11. The van der Waals surface area contributed by atoms with Crippen molar-refractivity contribution in [3.63, 3.8) is 0 Å². The highest BCUT2D eigenvalue weighted by Gasteiger charge is 2.33. The van der Waals surface area contributed by atoms with Gasteiger partial charge in [0.05, 0.1) is 0 Å². The van der Waals surface area contributed by atoms with Crippen LogP contribution in [-0.2, 0) is 6.42 Å². The molecule has 0 aliphatic carbocycles. The van der Waals surface area contributed by atoms with Crippen LogP contribution < -0.4 is 5.32 Å². The lowest BCUT2D eigenvalue weighted by molar-refractivity contribution is 0.322. The van der Waals surface area contributed by atoms with E-state index in [9.17, 15) is 0 Å². The highest BCUT2D eigenvalue weighted by molar-refractivity contribution is 5.81. The number of nitrogens with zero attached hydrogens (tertiary/aromatic N) is 3. The van der Waals surface area contributed by atoms with Crippen molar-refractivity contribution in [3.8, 4) is 0 Å². The molecule has 0 amide bonds. The summed E-state index contributed by atoms with van der Waals surface area (Å²) < 4.78 is 0. The van der Waals surface area contributed by atoms with E-state index in [0.717, 1.165) is 37.7 Å². The molecule has 2 N–H and O–H groups in total. The number of H-pyrrole nitrogens is 1. The monoisotopic (exact) mass is 313 g/mol. The van der Waals surface area contributed by atoms with Gasteiger partial charge in [0.15, 0.2) is 5.96 Å². The average molecular weight is 313 g/mol. The third kappa shape index (κ3) is 3.33. The molecule has 1 aliphatic rings. The van der Waals surface area contributed by atoms with E-state index in [1.54, 1.807) is 0 Å². The summed E-state index contributed by atoms with van der Waals surface area (Å²) in [7, 11) is 1.87. The van der Waals surface area contributed by atoms with E-state index in [-0.39, 0.29) is 0 Å². The molecule has 0 aromatic carbocycles. The van der Waals surface area contributed by atoms with Crippen LogP contribution in [-0.4, -0.2) is 47.5 Å². The SMILES string of the molecule is CCC1(C)CCN(C(=NC)NCCc2c[nH]c3ncccc23)C1. The van der Waals surface area contributed by atoms with E-state index in [1.807, 2.05) is 19.3 Å². The van der Waals surface area contributed by atoms with Gasteiger partial charge in [0.1, 0.15) is 5.65 Å². The normalized spacial score (nSPS) is 22.0. The van der Waals surface area contributed by atoms with Crippen molar-refractivity contribution >= 4 is 17.0 Å². The fraction of sp³-hybridized carbons (Fsp3) is 0.556. The zero-order valence-corrected chi connectivity index (χ0v) is 14.4. The Kier molecular flexibility index (Phi) is 4.55. The van der Waals surface area contributed by atoms with Crippen LogP contribution in [0.3, 0.4) is 0 Å². The highest BCUT2D eigenvalue weighted by atomic mass is 15.3. The molecule has 0 spiro atoms. The Hall–Kier alpha value is -2.04. The number of guanidine groups is 1. The maximum absolute atomic E-state index is 4.46. The maximum atomic E-state index is 4.46. The molecule has 0 radical (unpaired) electrons. The standard InChI is InChI=1S/C18H27N5/c1-4-18(2)8-11-23(13-18)17(19-3)21-10-7-14-12-22-16-15(14)6-5-9-20-16/h5-6,9,12H,4,7-8,10-11,13H2,1-3H3,(H,19,21)(H,20,22). The molecule has 5 nitrogen and oxygen atoms in total. The Morgan fingerprint density at radius 2 is 2.39 bits per heavy atom. The number of aromatic nitrogens is 2. The summed E-state index contributed by atoms with van der Waals surface area (Å²) in [5, 5.41) is 4.73.